The highest BCUT2D eigenvalue weighted by Crippen LogP contribution is 2.27. The highest BCUT2D eigenvalue weighted by Gasteiger charge is 2.23. The molecule has 1 heterocycles. The Morgan fingerprint density at radius 1 is 0.969 bits per heavy atom. The van der Waals surface area contributed by atoms with E-state index in [0.29, 0.717) is 28.7 Å². The van der Waals surface area contributed by atoms with E-state index in [2.05, 4.69) is 15.8 Å². The van der Waals surface area contributed by atoms with E-state index in [9.17, 15) is 18.0 Å². The van der Waals surface area contributed by atoms with Crippen molar-refractivity contribution in [2.24, 2.45) is 0 Å². The monoisotopic (exact) mass is 472 g/mol. The number of carbonyl (C=O) groups is 2. The predicted molar refractivity (Wildman–Crippen MR) is 124 cm³/mol. The fourth-order valence-electron chi connectivity index (χ4n) is 3.06. The first-order valence-corrected chi connectivity index (χ1v) is 12.3. The van der Waals surface area contributed by atoms with Gasteiger partial charge in [-0.2, -0.15) is 4.31 Å². The summed E-state index contributed by atoms with van der Waals surface area (Å²) in [4.78, 5) is 29.9. The maximum atomic E-state index is 12.7. The molecule has 0 aliphatic rings. The van der Waals surface area contributed by atoms with Gasteiger partial charge in [-0.1, -0.05) is 50.2 Å². The Labute approximate surface area is 191 Å². The summed E-state index contributed by atoms with van der Waals surface area (Å²) in [6, 6.07) is 15.2. The highest BCUT2D eigenvalue weighted by atomic mass is 32.2. The first kappa shape index (κ1) is 23.6. The van der Waals surface area contributed by atoms with E-state index in [1.807, 2.05) is 30.3 Å². The van der Waals surface area contributed by atoms with Crippen LogP contribution in [-0.2, 0) is 10.0 Å². The minimum Gasteiger partial charge on any atom is -0.267 e. The molecule has 1 aromatic heterocycles. The van der Waals surface area contributed by atoms with Crippen LogP contribution in [0.2, 0.25) is 0 Å². The number of nitrogens with one attached hydrogen (secondary N) is 2. The van der Waals surface area contributed by atoms with Crippen molar-refractivity contribution in [3.8, 4) is 10.6 Å². The number of carbonyl (C=O) groups excluding carboxylic acids is 2. The van der Waals surface area contributed by atoms with Crippen LogP contribution in [0.3, 0.4) is 0 Å². The number of rotatable bonds is 7. The summed E-state index contributed by atoms with van der Waals surface area (Å²) in [6.45, 7) is 5.87. The van der Waals surface area contributed by atoms with E-state index in [0.717, 1.165) is 5.56 Å². The number of amides is 2. The number of aromatic nitrogens is 1. The summed E-state index contributed by atoms with van der Waals surface area (Å²) in [6.07, 6.45) is 0. The Kier molecular flexibility index (Phi) is 7.39. The Hall–Kier alpha value is -3.08. The van der Waals surface area contributed by atoms with Crippen molar-refractivity contribution >= 4 is 33.2 Å². The van der Waals surface area contributed by atoms with Crippen molar-refractivity contribution in [1.29, 1.82) is 0 Å². The topological polar surface area (TPSA) is 108 Å². The molecule has 10 heteroatoms. The molecule has 32 heavy (non-hydrogen) atoms. The van der Waals surface area contributed by atoms with Gasteiger partial charge in [0.05, 0.1) is 10.6 Å². The quantitative estimate of drug-likeness (QED) is 0.513. The average molecular weight is 473 g/mol. The number of hydrazine groups is 1. The minimum atomic E-state index is -3.70. The summed E-state index contributed by atoms with van der Waals surface area (Å²) in [5.74, 6) is -1.12. The molecule has 168 valence electrons. The molecular formula is C22H24N4O4S2. The van der Waals surface area contributed by atoms with Crippen molar-refractivity contribution in [3.05, 3.63) is 70.7 Å². The zero-order chi connectivity index (χ0) is 23.3. The van der Waals surface area contributed by atoms with Gasteiger partial charge in [0.2, 0.25) is 10.0 Å². The van der Waals surface area contributed by atoms with E-state index in [1.165, 1.54) is 39.9 Å². The smallest absolute Gasteiger partial charge is 0.267 e. The van der Waals surface area contributed by atoms with E-state index < -0.39 is 21.8 Å². The average Bonchev–Trinajstić information content (AvgIpc) is 3.20. The third-order valence-corrected chi connectivity index (χ3v) is 8.00. The second kappa shape index (κ2) is 10.0. The molecule has 3 aromatic rings. The number of aryl methyl sites for hydroxylation is 1. The first-order chi connectivity index (χ1) is 15.3. The Balaban J connectivity index is 1.71. The maximum absolute atomic E-state index is 12.7. The minimum absolute atomic E-state index is 0.0194. The number of thiazole rings is 1. The van der Waals surface area contributed by atoms with Gasteiger partial charge in [0, 0.05) is 24.2 Å². The van der Waals surface area contributed by atoms with Crippen LogP contribution in [0.5, 0.6) is 0 Å². The summed E-state index contributed by atoms with van der Waals surface area (Å²) < 4.78 is 26.7. The lowest BCUT2D eigenvalue weighted by Gasteiger charge is -2.18. The van der Waals surface area contributed by atoms with E-state index in [-0.39, 0.29) is 10.5 Å². The second-order valence-corrected chi connectivity index (χ2v) is 9.76. The highest BCUT2D eigenvalue weighted by molar-refractivity contribution is 7.89. The summed E-state index contributed by atoms with van der Waals surface area (Å²) in [5, 5.41) is 0.703. The van der Waals surface area contributed by atoms with Gasteiger partial charge in [-0.15, -0.1) is 11.3 Å². The van der Waals surface area contributed by atoms with Gasteiger partial charge in [0.1, 0.15) is 9.88 Å². The van der Waals surface area contributed by atoms with Crippen LogP contribution in [0.1, 0.15) is 39.6 Å². The standard InChI is InChI=1S/C22H24N4O4S2/c1-4-26(5-2)32(29,30)18-13-9-12-17(14-18)20(27)24-25-21(28)19-15(3)23-22(31-19)16-10-7-6-8-11-16/h6-14H,4-5H2,1-3H3,(H,24,27)(H,25,28). The molecule has 2 amide bonds. The maximum Gasteiger partial charge on any atom is 0.281 e. The Morgan fingerprint density at radius 2 is 1.62 bits per heavy atom. The van der Waals surface area contributed by atoms with Crippen molar-refractivity contribution in [2.75, 3.05) is 13.1 Å². The van der Waals surface area contributed by atoms with Gasteiger partial charge in [0.25, 0.3) is 11.8 Å². The summed E-state index contributed by atoms with van der Waals surface area (Å²) in [5.41, 5.74) is 6.28. The lowest BCUT2D eigenvalue weighted by Crippen LogP contribution is -2.41. The van der Waals surface area contributed by atoms with Crippen LogP contribution in [0.4, 0.5) is 0 Å². The molecule has 0 fully saturated rings. The fourth-order valence-corrected chi connectivity index (χ4v) is 5.54. The van der Waals surface area contributed by atoms with Crippen molar-refractivity contribution in [1.82, 2.24) is 20.1 Å². The lowest BCUT2D eigenvalue weighted by atomic mass is 10.2. The predicted octanol–water partition coefficient (Wildman–Crippen LogP) is 3.22. The van der Waals surface area contributed by atoms with Crippen LogP contribution < -0.4 is 10.9 Å². The second-order valence-electron chi connectivity index (χ2n) is 6.82. The molecule has 2 aromatic carbocycles. The molecule has 0 saturated heterocycles. The van der Waals surface area contributed by atoms with Gasteiger partial charge in [0.15, 0.2) is 0 Å². The molecule has 2 N–H and O–H groups in total. The first-order valence-electron chi connectivity index (χ1n) is 10.0. The zero-order valence-corrected chi connectivity index (χ0v) is 19.6. The number of sulfonamides is 1. The van der Waals surface area contributed by atoms with Gasteiger partial charge in [-0.3, -0.25) is 20.4 Å². The number of hydrogen-bond donors (Lipinski definition) is 2. The molecule has 0 spiro atoms. The molecule has 3 rings (SSSR count). The number of benzene rings is 2. The van der Waals surface area contributed by atoms with Crippen molar-refractivity contribution in [3.63, 3.8) is 0 Å². The molecule has 0 radical (unpaired) electrons. The van der Waals surface area contributed by atoms with Crippen LogP contribution in [0.25, 0.3) is 10.6 Å². The summed E-state index contributed by atoms with van der Waals surface area (Å²) in [7, 11) is -3.70. The van der Waals surface area contributed by atoms with Gasteiger partial charge in [-0.25, -0.2) is 13.4 Å². The molecule has 0 atom stereocenters. The van der Waals surface area contributed by atoms with Crippen molar-refractivity contribution in [2.45, 2.75) is 25.7 Å². The molecule has 0 aliphatic heterocycles. The molecule has 0 aliphatic carbocycles. The molecule has 0 saturated carbocycles. The molecule has 8 nitrogen and oxygen atoms in total. The summed E-state index contributed by atoms with van der Waals surface area (Å²) >= 11 is 1.22. The fraction of sp³-hybridized carbons (Fsp3) is 0.227. The van der Waals surface area contributed by atoms with Crippen LogP contribution in [-0.4, -0.2) is 42.6 Å². The number of hydrogen-bond acceptors (Lipinski definition) is 6. The van der Waals surface area contributed by atoms with Crippen LogP contribution >= 0.6 is 11.3 Å². The molecule has 0 bridgehead atoms. The van der Waals surface area contributed by atoms with Gasteiger partial charge >= 0.3 is 0 Å². The third-order valence-electron chi connectivity index (χ3n) is 4.75. The van der Waals surface area contributed by atoms with E-state index in [4.69, 9.17) is 0 Å². The number of nitrogens with zero attached hydrogens (tertiary/aromatic N) is 2. The van der Waals surface area contributed by atoms with Gasteiger partial charge < -0.3 is 0 Å². The lowest BCUT2D eigenvalue weighted by molar-refractivity contribution is 0.0848. The van der Waals surface area contributed by atoms with Gasteiger partial charge in [-0.05, 0) is 25.1 Å². The van der Waals surface area contributed by atoms with Crippen molar-refractivity contribution < 1.29 is 18.0 Å². The normalized spacial score (nSPS) is 11.4. The third kappa shape index (κ3) is 5.04. The SMILES string of the molecule is CCN(CC)S(=O)(=O)c1cccc(C(=O)NNC(=O)c2sc(-c3ccccc3)nc2C)c1. The molecular weight excluding hydrogens is 448 g/mol. The van der Waals surface area contributed by atoms with Crippen LogP contribution in [0, 0.1) is 6.92 Å². The van der Waals surface area contributed by atoms with Crippen LogP contribution in [0.15, 0.2) is 59.5 Å². The Bertz CT molecular complexity index is 1220. The Morgan fingerprint density at radius 3 is 2.28 bits per heavy atom. The zero-order valence-electron chi connectivity index (χ0n) is 18.0. The molecule has 0 unspecified atom stereocenters. The van der Waals surface area contributed by atoms with E-state index in [1.54, 1.807) is 20.8 Å². The largest absolute Gasteiger partial charge is 0.281 e. The van der Waals surface area contributed by atoms with E-state index >= 15 is 0 Å².